The van der Waals surface area contributed by atoms with Gasteiger partial charge in [-0.3, -0.25) is 4.79 Å². The number of rotatable bonds is 4. The Balaban J connectivity index is 2.24. The summed E-state index contributed by atoms with van der Waals surface area (Å²) in [6.45, 7) is 0.245. The maximum Gasteiger partial charge on any atom is 0.250 e. The maximum absolute atomic E-state index is 11.1. The Bertz CT molecular complexity index is 141. The summed E-state index contributed by atoms with van der Waals surface area (Å²) in [5.74, 6) is -0.0856. The van der Waals surface area contributed by atoms with E-state index in [2.05, 4.69) is 5.32 Å². The second-order valence-electron chi connectivity index (χ2n) is 2.74. The van der Waals surface area contributed by atoms with Crippen LogP contribution in [0.15, 0.2) is 0 Å². The summed E-state index contributed by atoms with van der Waals surface area (Å²) < 4.78 is 4.85. The second kappa shape index (κ2) is 3.69. The van der Waals surface area contributed by atoms with Gasteiger partial charge in [-0.05, 0) is 12.8 Å². The molecular formula is C7H14N2O2. The molecular weight excluding hydrogens is 144 g/mol. The Labute approximate surface area is 66.1 Å². The molecule has 1 saturated carbocycles. The summed E-state index contributed by atoms with van der Waals surface area (Å²) in [5.41, 5.74) is 5.29. The third-order valence-electron chi connectivity index (χ3n) is 1.71. The van der Waals surface area contributed by atoms with E-state index in [1.807, 2.05) is 0 Å². The van der Waals surface area contributed by atoms with Crippen LogP contribution in [-0.4, -0.2) is 31.7 Å². The molecule has 3 N–H and O–H groups in total. The van der Waals surface area contributed by atoms with Gasteiger partial charge >= 0.3 is 0 Å². The van der Waals surface area contributed by atoms with Crippen molar-refractivity contribution in [3.63, 3.8) is 0 Å². The summed E-state index contributed by atoms with van der Waals surface area (Å²) in [4.78, 5) is 11.1. The topological polar surface area (TPSA) is 64.3 Å². The van der Waals surface area contributed by atoms with E-state index in [0.717, 1.165) is 12.8 Å². The van der Waals surface area contributed by atoms with Gasteiger partial charge in [-0.15, -0.1) is 0 Å². The van der Waals surface area contributed by atoms with Gasteiger partial charge in [0.05, 0.1) is 0 Å². The van der Waals surface area contributed by atoms with Gasteiger partial charge in [-0.2, -0.15) is 0 Å². The molecule has 0 bridgehead atoms. The van der Waals surface area contributed by atoms with E-state index in [4.69, 9.17) is 10.5 Å². The molecule has 0 saturated heterocycles. The number of amides is 1. The van der Waals surface area contributed by atoms with E-state index in [9.17, 15) is 4.79 Å². The number of methoxy groups -OCH3 is 1. The number of nitrogens with two attached hydrogens (primary N) is 1. The first-order valence-electron chi connectivity index (χ1n) is 3.81. The Morgan fingerprint density at radius 3 is 2.82 bits per heavy atom. The van der Waals surface area contributed by atoms with Gasteiger partial charge in [0.2, 0.25) is 0 Å². The van der Waals surface area contributed by atoms with Gasteiger partial charge in [0.25, 0.3) is 5.91 Å². The van der Waals surface area contributed by atoms with Gasteiger partial charge in [0.15, 0.2) is 0 Å². The highest BCUT2D eigenvalue weighted by atomic mass is 16.5. The normalized spacial score (nSPS) is 19.5. The molecule has 1 aliphatic carbocycles. The fraction of sp³-hybridized carbons (Fsp3) is 0.857. The highest BCUT2D eigenvalue weighted by molar-refractivity contribution is 5.81. The van der Waals surface area contributed by atoms with Crippen LogP contribution in [0.4, 0.5) is 0 Å². The zero-order valence-electron chi connectivity index (χ0n) is 6.67. The van der Waals surface area contributed by atoms with Gasteiger partial charge in [-0.25, -0.2) is 0 Å². The monoisotopic (exact) mass is 158 g/mol. The van der Waals surface area contributed by atoms with Crippen LogP contribution in [-0.2, 0) is 9.53 Å². The van der Waals surface area contributed by atoms with Crippen molar-refractivity contribution in [2.24, 2.45) is 5.73 Å². The lowest BCUT2D eigenvalue weighted by Crippen LogP contribution is -2.41. The molecule has 1 unspecified atom stereocenters. The molecule has 0 aliphatic heterocycles. The predicted molar refractivity (Wildman–Crippen MR) is 41.0 cm³/mol. The van der Waals surface area contributed by atoms with Gasteiger partial charge < -0.3 is 15.8 Å². The first-order valence-corrected chi connectivity index (χ1v) is 3.81. The molecule has 4 nitrogen and oxygen atoms in total. The molecule has 0 aromatic heterocycles. The van der Waals surface area contributed by atoms with Gasteiger partial charge in [0.1, 0.15) is 6.10 Å². The molecule has 0 aromatic rings. The molecule has 1 rings (SSSR count). The standard InChI is InChI=1S/C7H14N2O2/c1-11-6(4-8)7(10)9-5-2-3-5/h5-6H,2-4,8H2,1H3,(H,9,10). The van der Waals surface area contributed by atoms with Crippen LogP contribution in [0.5, 0.6) is 0 Å². The fourth-order valence-corrected chi connectivity index (χ4v) is 0.832. The van der Waals surface area contributed by atoms with Crippen LogP contribution in [0.3, 0.4) is 0 Å². The molecule has 0 spiro atoms. The Morgan fingerprint density at radius 1 is 1.82 bits per heavy atom. The summed E-state index contributed by atoms with van der Waals surface area (Å²) in [6, 6.07) is 0.381. The lowest BCUT2D eigenvalue weighted by Gasteiger charge is -2.11. The Morgan fingerprint density at radius 2 is 2.45 bits per heavy atom. The molecule has 64 valence electrons. The molecule has 1 amide bonds. The highest BCUT2D eigenvalue weighted by Crippen LogP contribution is 2.18. The van der Waals surface area contributed by atoms with Crippen LogP contribution in [0.1, 0.15) is 12.8 Å². The van der Waals surface area contributed by atoms with Crippen molar-refractivity contribution in [2.45, 2.75) is 25.0 Å². The highest BCUT2D eigenvalue weighted by Gasteiger charge is 2.26. The van der Waals surface area contributed by atoms with E-state index in [-0.39, 0.29) is 12.5 Å². The predicted octanol–water partition coefficient (Wildman–Crippen LogP) is -0.761. The average Bonchev–Trinajstić information content (AvgIpc) is 2.74. The molecule has 4 heteroatoms. The lowest BCUT2D eigenvalue weighted by atomic mass is 10.3. The first kappa shape index (κ1) is 8.49. The van der Waals surface area contributed by atoms with Crippen molar-refractivity contribution in [1.29, 1.82) is 0 Å². The average molecular weight is 158 g/mol. The van der Waals surface area contributed by atoms with Crippen LogP contribution in [0.25, 0.3) is 0 Å². The minimum atomic E-state index is -0.476. The van der Waals surface area contributed by atoms with E-state index in [1.165, 1.54) is 7.11 Å². The number of hydrogen-bond donors (Lipinski definition) is 2. The summed E-state index contributed by atoms with van der Waals surface area (Å²) in [7, 11) is 1.49. The number of carbonyl (C=O) groups excluding carboxylic acids is 1. The minimum Gasteiger partial charge on any atom is -0.370 e. The quantitative estimate of drug-likeness (QED) is 0.565. The molecule has 0 heterocycles. The third-order valence-corrected chi connectivity index (χ3v) is 1.71. The lowest BCUT2D eigenvalue weighted by molar-refractivity contribution is -0.130. The molecule has 11 heavy (non-hydrogen) atoms. The number of nitrogens with one attached hydrogen (secondary N) is 1. The van der Waals surface area contributed by atoms with Crippen molar-refractivity contribution in [2.75, 3.05) is 13.7 Å². The summed E-state index contributed by atoms with van der Waals surface area (Å²) in [6.07, 6.45) is 1.70. The minimum absolute atomic E-state index is 0.0856. The molecule has 1 fully saturated rings. The zero-order valence-corrected chi connectivity index (χ0v) is 6.67. The number of hydrogen-bond acceptors (Lipinski definition) is 3. The maximum atomic E-state index is 11.1. The zero-order chi connectivity index (χ0) is 8.27. The molecule has 0 aromatic carbocycles. The van der Waals surface area contributed by atoms with Crippen LogP contribution in [0.2, 0.25) is 0 Å². The summed E-state index contributed by atoms with van der Waals surface area (Å²) in [5, 5.41) is 2.81. The van der Waals surface area contributed by atoms with Crippen molar-refractivity contribution in [3.8, 4) is 0 Å². The van der Waals surface area contributed by atoms with Crippen LogP contribution >= 0.6 is 0 Å². The van der Waals surface area contributed by atoms with E-state index in [1.54, 1.807) is 0 Å². The van der Waals surface area contributed by atoms with E-state index >= 15 is 0 Å². The fourth-order valence-electron chi connectivity index (χ4n) is 0.832. The summed E-state index contributed by atoms with van der Waals surface area (Å²) >= 11 is 0. The van der Waals surface area contributed by atoms with E-state index in [0.29, 0.717) is 6.04 Å². The first-order chi connectivity index (χ1) is 5.27. The van der Waals surface area contributed by atoms with Crippen molar-refractivity contribution in [3.05, 3.63) is 0 Å². The smallest absolute Gasteiger partial charge is 0.250 e. The SMILES string of the molecule is COC(CN)C(=O)NC1CC1. The molecule has 1 aliphatic rings. The number of ether oxygens (including phenoxy) is 1. The number of carbonyl (C=O) groups is 1. The Kier molecular flexibility index (Phi) is 2.84. The Hall–Kier alpha value is -0.610. The van der Waals surface area contributed by atoms with Gasteiger partial charge in [0, 0.05) is 19.7 Å². The van der Waals surface area contributed by atoms with E-state index < -0.39 is 6.10 Å². The van der Waals surface area contributed by atoms with Crippen molar-refractivity contribution in [1.82, 2.24) is 5.32 Å². The van der Waals surface area contributed by atoms with Crippen LogP contribution in [0, 0.1) is 0 Å². The second-order valence-corrected chi connectivity index (χ2v) is 2.74. The van der Waals surface area contributed by atoms with Gasteiger partial charge in [-0.1, -0.05) is 0 Å². The van der Waals surface area contributed by atoms with Crippen LogP contribution < -0.4 is 11.1 Å². The van der Waals surface area contributed by atoms with Crippen molar-refractivity contribution >= 4 is 5.91 Å². The molecule has 1 atom stereocenters. The largest absolute Gasteiger partial charge is 0.370 e. The molecule has 0 radical (unpaired) electrons. The third kappa shape index (κ3) is 2.48. The van der Waals surface area contributed by atoms with Crippen molar-refractivity contribution < 1.29 is 9.53 Å².